The lowest BCUT2D eigenvalue weighted by atomic mass is 10.0. The van der Waals surface area contributed by atoms with Gasteiger partial charge in [-0.2, -0.15) is 4.39 Å². The van der Waals surface area contributed by atoms with Crippen LogP contribution in [0.3, 0.4) is 0 Å². The molecule has 1 aromatic carbocycles. The summed E-state index contributed by atoms with van der Waals surface area (Å²) in [6.07, 6.45) is -0.0800. The fourth-order valence-corrected chi connectivity index (χ4v) is 4.53. The predicted octanol–water partition coefficient (Wildman–Crippen LogP) is 7.15. The summed E-state index contributed by atoms with van der Waals surface area (Å²) in [5.74, 6) is -0.376. The Labute approximate surface area is 257 Å². The highest BCUT2D eigenvalue weighted by atomic mass is 79.9. The first-order valence-corrected chi connectivity index (χ1v) is 14.2. The second-order valence-electron chi connectivity index (χ2n) is 11.8. The van der Waals surface area contributed by atoms with Crippen LogP contribution in [0.5, 0.6) is 5.75 Å². The van der Waals surface area contributed by atoms with Crippen LogP contribution in [-0.2, 0) is 16.0 Å². The van der Waals surface area contributed by atoms with Crippen molar-refractivity contribution in [3.05, 3.63) is 82.0 Å². The van der Waals surface area contributed by atoms with Gasteiger partial charge in [0.15, 0.2) is 0 Å². The van der Waals surface area contributed by atoms with E-state index in [2.05, 4.69) is 25.9 Å². The molecule has 1 unspecified atom stereocenters. The van der Waals surface area contributed by atoms with Crippen molar-refractivity contribution in [3.8, 4) is 5.75 Å². The number of rotatable bonds is 6. The summed E-state index contributed by atoms with van der Waals surface area (Å²) in [6, 6.07) is 11.5. The molecule has 0 bridgehead atoms. The van der Waals surface area contributed by atoms with Crippen LogP contribution >= 0.6 is 15.9 Å². The van der Waals surface area contributed by atoms with E-state index in [0.29, 0.717) is 15.6 Å². The van der Waals surface area contributed by atoms with Crippen molar-refractivity contribution in [3.63, 3.8) is 0 Å². The third-order valence-electron chi connectivity index (χ3n) is 6.07. The average Bonchev–Trinajstić information content (AvgIpc) is 3.28. The number of carbonyl (C=O) groups excluding carboxylic acids is 2. The minimum Gasteiger partial charge on any atom is -0.497 e. The Balaban J connectivity index is 1.72. The zero-order chi connectivity index (χ0) is 31.7. The lowest BCUT2D eigenvalue weighted by molar-refractivity contribution is 0.0539. The Morgan fingerprint density at radius 1 is 1.02 bits per heavy atom. The van der Waals surface area contributed by atoms with E-state index in [-0.39, 0.29) is 29.1 Å². The van der Waals surface area contributed by atoms with Gasteiger partial charge in [0, 0.05) is 33.4 Å². The van der Waals surface area contributed by atoms with Crippen LogP contribution in [0.25, 0.3) is 11.0 Å². The zero-order valence-corrected chi connectivity index (χ0v) is 26.6. The van der Waals surface area contributed by atoms with Crippen molar-refractivity contribution in [1.29, 1.82) is 0 Å². The predicted molar refractivity (Wildman–Crippen MR) is 163 cm³/mol. The molecule has 4 rings (SSSR count). The molecule has 0 aliphatic rings. The summed E-state index contributed by atoms with van der Waals surface area (Å²) in [7, 11) is 1.55. The summed E-state index contributed by atoms with van der Waals surface area (Å²) >= 11 is 3.36. The van der Waals surface area contributed by atoms with Crippen molar-refractivity contribution >= 4 is 45.0 Å². The summed E-state index contributed by atoms with van der Waals surface area (Å²) in [6.45, 7) is 10.4. The largest absolute Gasteiger partial charge is 0.497 e. The number of methoxy groups -OCH3 is 1. The van der Waals surface area contributed by atoms with Gasteiger partial charge in [0.2, 0.25) is 5.95 Å². The molecule has 1 amide bonds. The molecule has 0 spiro atoms. The first-order valence-electron chi connectivity index (χ1n) is 13.4. The van der Waals surface area contributed by atoms with Gasteiger partial charge in [-0.3, -0.25) is 4.90 Å². The Hall–Kier alpha value is -4.03. The van der Waals surface area contributed by atoms with E-state index >= 15 is 4.39 Å². The molecule has 3 aromatic heterocycles. The number of hydrogen-bond donors (Lipinski definition) is 1. The molecule has 3 heterocycles. The molecule has 1 N–H and O–H groups in total. The number of nitrogens with zero attached hydrogens (tertiary/aromatic N) is 4. The quantitative estimate of drug-likeness (QED) is 0.218. The lowest BCUT2D eigenvalue weighted by Crippen LogP contribution is -2.37. The van der Waals surface area contributed by atoms with Crippen LogP contribution in [0.15, 0.2) is 59.3 Å². The van der Waals surface area contributed by atoms with E-state index in [1.807, 2.05) is 0 Å². The number of anilines is 1. The smallest absolute Gasteiger partial charge is 0.420 e. The van der Waals surface area contributed by atoms with Crippen molar-refractivity contribution < 1.29 is 33.3 Å². The highest BCUT2D eigenvalue weighted by molar-refractivity contribution is 9.10. The normalized spacial score (nSPS) is 12.6. The van der Waals surface area contributed by atoms with Crippen LogP contribution in [0.4, 0.5) is 19.8 Å². The molecule has 0 radical (unpaired) electrons. The number of aliphatic hydroxyl groups excluding tert-OH is 1. The van der Waals surface area contributed by atoms with Gasteiger partial charge in [0.25, 0.3) is 0 Å². The van der Waals surface area contributed by atoms with Gasteiger partial charge in [-0.25, -0.2) is 24.1 Å². The van der Waals surface area contributed by atoms with Gasteiger partial charge < -0.3 is 19.3 Å². The minimum atomic E-state index is -1.53. The Kier molecular flexibility index (Phi) is 9.12. The molecule has 0 fully saturated rings. The van der Waals surface area contributed by atoms with Crippen molar-refractivity contribution in [2.75, 3.05) is 12.0 Å². The molecule has 0 saturated heterocycles. The Morgan fingerprint density at radius 2 is 1.67 bits per heavy atom. The summed E-state index contributed by atoms with van der Waals surface area (Å²) in [5.41, 5.74) is -0.586. The summed E-state index contributed by atoms with van der Waals surface area (Å²) in [4.78, 5) is 35.7. The van der Waals surface area contributed by atoms with Crippen LogP contribution in [-0.4, -0.2) is 50.1 Å². The third-order valence-corrected chi connectivity index (χ3v) is 6.51. The number of aliphatic hydroxyl groups is 1. The van der Waals surface area contributed by atoms with E-state index in [9.17, 15) is 14.7 Å². The number of aromatic nitrogens is 3. The van der Waals surface area contributed by atoms with Gasteiger partial charge in [0.1, 0.15) is 34.5 Å². The first kappa shape index (κ1) is 31.9. The minimum absolute atomic E-state index is 0.0147. The Bertz CT molecular complexity index is 1640. The van der Waals surface area contributed by atoms with Crippen molar-refractivity contribution in [2.45, 2.75) is 65.4 Å². The molecular weight excluding hydrogens is 623 g/mol. The van der Waals surface area contributed by atoms with E-state index < -0.39 is 35.4 Å². The van der Waals surface area contributed by atoms with E-state index in [0.717, 1.165) is 5.56 Å². The van der Waals surface area contributed by atoms with E-state index in [1.54, 1.807) is 79.0 Å². The molecule has 0 aliphatic carbocycles. The highest BCUT2D eigenvalue weighted by Gasteiger charge is 2.29. The fraction of sp³-hybridized carbons (Fsp3) is 0.355. The van der Waals surface area contributed by atoms with Gasteiger partial charge in [0.05, 0.1) is 13.7 Å². The molecular formula is C31H34BrFN4O6. The fourth-order valence-electron chi connectivity index (χ4n) is 4.20. The second kappa shape index (κ2) is 12.3. The number of amides is 1. The molecule has 1 atom stereocenters. The van der Waals surface area contributed by atoms with Crippen LogP contribution in [0.2, 0.25) is 0 Å². The number of pyridine rings is 2. The third kappa shape index (κ3) is 7.68. The topological polar surface area (TPSA) is 116 Å². The van der Waals surface area contributed by atoms with Gasteiger partial charge >= 0.3 is 12.2 Å². The molecule has 10 nitrogen and oxygen atoms in total. The molecule has 0 saturated carbocycles. The van der Waals surface area contributed by atoms with Crippen molar-refractivity contribution in [2.24, 2.45) is 0 Å². The number of hydrogen-bond acceptors (Lipinski definition) is 8. The van der Waals surface area contributed by atoms with Gasteiger partial charge in [-0.05, 0) is 93.4 Å². The monoisotopic (exact) mass is 656 g/mol. The number of fused-ring (bicyclic) bond motifs is 1. The molecule has 4 aromatic rings. The summed E-state index contributed by atoms with van der Waals surface area (Å²) < 4.78 is 33.7. The van der Waals surface area contributed by atoms with Crippen LogP contribution in [0.1, 0.15) is 64.3 Å². The zero-order valence-electron chi connectivity index (χ0n) is 25.0. The van der Waals surface area contributed by atoms with Gasteiger partial charge in [-0.15, -0.1) is 0 Å². The van der Waals surface area contributed by atoms with Crippen molar-refractivity contribution in [1.82, 2.24) is 14.5 Å². The molecule has 228 valence electrons. The SMILES string of the molecule is COc1ccc(CN(C(=O)OC(C)(C)C)c2ccc(C(O)c3cn(C(=O)OC(C)(C)C)c4ncc(Br)cc34)c(F)n2)cc1. The lowest BCUT2D eigenvalue weighted by Gasteiger charge is -2.27. The summed E-state index contributed by atoms with van der Waals surface area (Å²) in [5, 5.41) is 11.8. The van der Waals surface area contributed by atoms with E-state index in [4.69, 9.17) is 14.2 Å². The highest BCUT2D eigenvalue weighted by Crippen LogP contribution is 2.34. The maximum Gasteiger partial charge on any atom is 0.420 e. The maximum absolute atomic E-state index is 15.7. The van der Waals surface area contributed by atoms with Gasteiger partial charge in [-0.1, -0.05) is 12.1 Å². The average molecular weight is 658 g/mol. The van der Waals surface area contributed by atoms with E-state index in [1.165, 1.54) is 34.0 Å². The second-order valence-corrected chi connectivity index (χ2v) is 12.7. The number of halogens is 2. The first-order chi connectivity index (χ1) is 20.1. The Morgan fingerprint density at radius 3 is 2.26 bits per heavy atom. The number of benzene rings is 1. The number of carbonyl (C=O) groups is 2. The van der Waals surface area contributed by atoms with Crippen LogP contribution < -0.4 is 9.64 Å². The van der Waals surface area contributed by atoms with Crippen LogP contribution in [0, 0.1) is 5.95 Å². The maximum atomic E-state index is 15.7. The molecule has 43 heavy (non-hydrogen) atoms. The molecule has 0 aliphatic heterocycles. The number of ether oxygens (including phenoxy) is 3. The molecule has 12 heteroatoms. The standard InChI is InChI=1S/C31H34BrFN4O6/c1-30(2,3)42-28(39)36(16-18-8-10-20(41-7)11-9-18)24-13-12-21(26(33)35-24)25(38)23-17-37(29(40)43-31(4,5)6)27-22(23)14-19(32)15-34-27/h8-15,17,25,38H,16H2,1-7H3.